The van der Waals surface area contributed by atoms with Gasteiger partial charge in [0.15, 0.2) is 11.5 Å². The summed E-state index contributed by atoms with van der Waals surface area (Å²) < 4.78 is 15.8. The number of fused-ring (bicyclic) bond motifs is 1. The molecule has 8 heteroatoms. The van der Waals surface area contributed by atoms with Crippen molar-refractivity contribution in [2.24, 2.45) is 0 Å². The Morgan fingerprint density at radius 1 is 1.14 bits per heavy atom. The zero-order valence-corrected chi connectivity index (χ0v) is 16.6. The molecule has 1 aliphatic rings. The van der Waals surface area contributed by atoms with Crippen LogP contribution in [0.2, 0.25) is 0 Å². The second-order valence-corrected chi connectivity index (χ2v) is 6.85. The van der Waals surface area contributed by atoms with E-state index >= 15 is 0 Å². The first-order valence-electron chi connectivity index (χ1n) is 9.65. The highest BCUT2D eigenvalue weighted by Gasteiger charge is 2.23. The average molecular weight is 390 g/mol. The number of H-pyrrole nitrogens is 1. The Morgan fingerprint density at radius 3 is 2.46 bits per heavy atom. The van der Waals surface area contributed by atoms with Gasteiger partial charge in [-0.25, -0.2) is 4.79 Å². The van der Waals surface area contributed by atoms with E-state index in [0.29, 0.717) is 34.5 Å². The number of quaternary nitrogens is 1. The molecule has 1 aromatic heterocycles. The van der Waals surface area contributed by atoms with Crippen LogP contribution >= 0.6 is 0 Å². The van der Waals surface area contributed by atoms with E-state index in [1.807, 2.05) is 0 Å². The van der Waals surface area contributed by atoms with Crippen molar-refractivity contribution in [3.63, 3.8) is 0 Å². The minimum Gasteiger partial charge on any atom is -0.493 e. The van der Waals surface area contributed by atoms with Crippen LogP contribution in [0, 0.1) is 0 Å². The fourth-order valence-electron chi connectivity index (χ4n) is 3.62. The van der Waals surface area contributed by atoms with Gasteiger partial charge in [-0.3, -0.25) is 4.79 Å². The van der Waals surface area contributed by atoms with E-state index in [1.165, 1.54) is 17.7 Å². The predicted molar refractivity (Wildman–Crippen MR) is 105 cm³/mol. The van der Waals surface area contributed by atoms with Gasteiger partial charge in [0.2, 0.25) is 5.91 Å². The highest BCUT2D eigenvalue weighted by atomic mass is 16.5. The van der Waals surface area contributed by atoms with Gasteiger partial charge in [-0.1, -0.05) is 0 Å². The Labute approximate surface area is 164 Å². The van der Waals surface area contributed by atoms with Crippen LogP contribution in [0.3, 0.4) is 0 Å². The smallest absolute Gasteiger partial charge is 0.356 e. The fourth-order valence-corrected chi connectivity index (χ4v) is 3.62. The van der Waals surface area contributed by atoms with E-state index in [2.05, 4.69) is 10.3 Å². The molecule has 0 unspecified atom stereocenters. The zero-order valence-electron chi connectivity index (χ0n) is 16.6. The van der Waals surface area contributed by atoms with Crippen molar-refractivity contribution in [3.8, 4) is 11.5 Å². The maximum absolute atomic E-state index is 12.6. The Balaban J connectivity index is 1.90. The molecule has 0 radical (unpaired) electrons. The van der Waals surface area contributed by atoms with Gasteiger partial charge in [-0.05, 0) is 13.0 Å². The molecule has 0 aliphatic carbocycles. The monoisotopic (exact) mass is 390 g/mol. The first-order valence-corrected chi connectivity index (χ1v) is 9.65. The minimum atomic E-state index is -0.517. The van der Waals surface area contributed by atoms with Crippen LogP contribution in [0.4, 0.5) is 5.69 Å². The van der Waals surface area contributed by atoms with Crippen molar-refractivity contribution in [2.75, 3.05) is 45.8 Å². The summed E-state index contributed by atoms with van der Waals surface area (Å²) in [6, 6.07) is 3.48. The first-order chi connectivity index (χ1) is 13.6. The molecule has 1 saturated heterocycles. The van der Waals surface area contributed by atoms with Crippen LogP contribution in [-0.4, -0.2) is 57.3 Å². The van der Waals surface area contributed by atoms with Crippen molar-refractivity contribution < 1.29 is 28.7 Å². The topological polar surface area (TPSA) is 94.1 Å². The molecule has 1 aliphatic heterocycles. The van der Waals surface area contributed by atoms with Crippen LogP contribution in [0.25, 0.3) is 10.9 Å². The molecule has 3 rings (SSSR count). The number of amides is 1. The molecule has 0 saturated carbocycles. The molecule has 1 amide bonds. The Bertz CT molecular complexity index is 855. The van der Waals surface area contributed by atoms with E-state index in [0.717, 1.165) is 19.6 Å². The summed E-state index contributed by atoms with van der Waals surface area (Å²) in [6.45, 7) is 5.01. The number of ether oxygens (including phenoxy) is 3. The maximum atomic E-state index is 12.6. The molecule has 2 heterocycles. The average Bonchev–Trinajstić information content (AvgIpc) is 3.33. The van der Waals surface area contributed by atoms with Crippen molar-refractivity contribution in [1.82, 2.24) is 4.98 Å². The molecule has 0 spiro atoms. The lowest BCUT2D eigenvalue weighted by Gasteiger charge is -2.12. The number of benzene rings is 1. The predicted octanol–water partition coefficient (Wildman–Crippen LogP) is 1.37. The molecule has 1 aromatic carbocycles. The summed E-state index contributed by atoms with van der Waals surface area (Å²) in [5.41, 5.74) is 1.28. The van der Waals surface area contributed by atoms with Crippen LogP contribution in [-0.2, 0) is 9.53 Å². The number of methoxy groups -OCH3 is 2. The highest BCUT2D eigenvalue weighted by Crippen LogP contribution is 2.37. The van der Waals surface area contributed by atoms with E-state index in [9.17, 15) is 9.59 Å². The van der Waals surface area contributed by atoms with Crippen LogP contribution in [0.15, 0.2) is 12.1 Å². The van der Waals surface area contributed by atoms with Gasteiger partial charge < -0.3 is 29.4 Å². The van der Waals surface area contributed by atoms with Gasteiger partial charge in [0.05, 0.1) is 58.1 Å². The molecule has 28 heavy (non-hydrogen) atoms. The lowest BCUT2D eigenvalue weighted by molar-refractivity contribution is -0.886. The standard InChI is InChI=1S/C20H27N3O5/c1-4-28-20(25)19-18(22-17(24)7-10-23-8-5-6-9-23)13-11-15(26-2)16(27-3)12-14(13)21-19/h11-12,21H,4-10H2,1-3H3,(H,22,24)/p+1. The highest BCUT2D eigenvalue weighted by molar-refractivity contribution is 6.11. The Kier molecular flexibility index (Phi) is 6.41. The van der Waals surface area contributed by atoms with Gasteiger partial charge >= 0.3 is 5.97 Å². The quantitative estimate of drug-likeness (QED) is 0.592. The number of nitrogens with one attached hydrogen (secondary N) is 3. The number of anilines is 1. The number of aromatic nitrogens is 1. The summed E-state index contributed by atoms with van der Waals surface area (Å²) in [5.74, 6) is 0.404. The fraction of sp³-hybridized carbons (Fsp3) is 0.500. The lowest BCUT2D eigenvalue weighted by atomic mass is 10.2. The van der Waals surface area contributed by atoms with Crippen molar-refractivity contribution in [1.29, 1.82) is 0 Å². The normalized spacial score (nSPS) is 14.2. The Morgan fingerprint density at radius 2 is 1.82 bits per heavy atom. The molecule has 3 N–H and O–H groups in total. The summed E-state index contributed by atoms with van der Waals surface area (Å²) in [5, 5.41) is 3.57. The molecular formula is C20H28N3O5+. The van der Waals surface area contributed by atoms with Gasteiger partial charge in [0.25, 0.3) is 0 Å². The molecule has 152 valence electrons. The van der Waals surface area contributed by atoms with Gasteiger partial charge in [-0.2, -0.15) is 0 Å². The summed E-state index contributed by atoms with van der Waals surface area (Å²) in [7, 11) is 3.09. The number of hydrogen-bond donors (Lipinski definition) is 3. The number of esters is 1. The number of carbonyl (C=O) groups is 2. The molecule has 8 nitrogen and oxygen atoms in total. The largest absolute Gasteiger partial charge is 0.493 e. The number of carbonyl (C=O) groups excluding carboxylic acids is 2. The molecule has 0 bridgehead atoms. The van der Waals surface area contributed by atoms with Crippen molar-refractivity contribution >= 4 is 28.5 Å². The van der Waals surface area contributed by atoms with Gasteiger partial charge in [0.1, 0.15) is 5.69 Å². The van der Waals surface area contributed by atoms with Crippen LogP contribution < -0.4 is 19.7 Å². The molecule has 1 fully saturated rings. The van der Waals surface area contributed by atoms with Gasteiger partial charge in [-0.15, -0.1) is 0 Å². The number of aromatic amines is 1. The number of rotatable bonds is 8. The summed E-state index contributed by atoms with van der Waals surface area (Å²) in [4.78, 5) is 29.5. The second-order valence-electron chi connectivity index (χ2n) is 6.85. The van der Waals surface area contributed by atoms with Crippen molar-refractivity contribution in [2.45, 2.75) is 26.2 Å². The van der Waals surface area contributed by atoms with E-state index in [-0.39, 0.29) is 18.2 Å². The van der Waals surface area contributed by atoms with Crippen molar-refractivity contribution in [3.05, 3.63) is 17.8 Å². The third-order valence-electron chi connectivity index (χ3n) is 5.06. The first kappa shape index (κ1) is 20.0. The maximum Gasteiger partial charge on any atom is 0.356 e. The van der Waals surface area contributed by atoms with Gasteiger partial charge in [0, 0.05) is 24.3 Å². The van der Waals surface area contributed by atoms with E-state index in [4.69, 9.17) is 14.2 Å². The number of hydrogen-bond acceptors (Lipinski definition) is 5. The molecule has 0 atom stereocenters. The van der Waals surface area contributed by atoms with Crippen LogP contribution in [0.1, 0.15) is 36.7 Å². The third-order valence-corrected chi connectivity index (χ3v) is 5.06. The van der Waals surface area contributed by atoms with E-state index < -0.39 is 5.97 Å². The SMILES string of the molecule is CCOC(=O)c1[nH]c2cc(OC)c(OC)cc2c1NC(=O)CC[NH+]1CCCC1. The minimum absolute atomic E-state index is 0.124. The molecule has 2 aromatic rings. The zero-order chi connectivity index (χ0) is 20.1. The summed E-state index contributed by atoms with van der Waals surface area (Å²) >= 11 is 0. The Hall–Kier alpha value is -2.74. The van der Waals surface area contributed by atoms with Crippen LogP contribution in [0.5, 0.6) is 11.5 Å². The molecular weight excluding hydrogens is 362 g/mol. The lowest BCUT2D eigenvalue weighted by Crippen LogP contribution is -3.10. The number of likely N-dealkylation sites (tertiary alicyclic amines) is 1. The second kappa shape index (κ2) is 8.97. The third kappa shape index (κ3) is 4.22. The summed E-state index contributed by atoms with van der Waals surface area (Å²) in [6.07, 6.45) is 2.83. The van der Waals surface area contributed by atoms with E-state index in [1.54, 1.807) is 33.3 Å².